The summed E-state index contributed by atoms with van der Waals surface area (Å²) >= 11 is 0. The van der Waals surface area contributed by atoms with Crippen LogP contribution in [0.15, 0.2) is 36.4 Å². The average molecular weight is 330 g/mol. The van der Waals surface area contributed by atoms with Gasteiger partial charge in [0.1, 0.15) is 34.8 Å². The van der Waals surface area contributed by atoms with E-state index in [4.69, 9.17) is 9.47 Å². The van der Waals surface area contributed by atoms with Crippen molar-refractivity contribution in [1.82, 2.24) is 0 Å². The van der Waals surface area contributed by atoms with Crippen molar-refractivity contribution in [2.24, 2.45) is 0 Å². The van der Waals surface area contributed by atoms with Gasteiger partial charge in [-0.15, -0.1) is 0 Å². The summed E-state index contributed by atoms with van der Waals surface area (Å²) in [6.07, 6.45) is -0.781. The highest BCUT2D eigenvalue weighted by molar-refractivity contribution is 5.89. The van der Waals surface area contributed by atoms with Gasteiger partial charge in [-0.1, -0.05) is 12.1 Å². The van der Waals surface area contributed by atoms with Gasteiger partial charge in [0.2, 0.25) is 0 Å². The van der Waals surface area contributed by atoms with Crippen LogP contribution in [0.1, 0.15) is 13.8 Å². The summed E-state index contributed by atoms with van der Waals surface area (Å²) in [5.41, 5.74) is -0.422. The normalized spacial score (nSPS) is 18.9. The van der Waals surface area contributed by atoms with Gasteiger partial charge in [0.05, 0.1) is 9.85 Å². The Balaban J connectivity index is 2.41. The van der Waals surface area contributed by atoms with Gasteiger partial charge in [-0.2, -0.15) is 0 Å². The molecule has 0 aromatic heterocycles. The quantitative estimate of drug-likeness (QED) is 0.614. The van der Waals surface area contributed by atoms with Gasteiger partial charge in [0.25, 0.3) is 11.4 Å². The smallest absolute Gasteiger partial charge is 0.281 e. The Labute approximate surface area is 136 Å². The molecule has 2 atom stereocenters. The number of fused-ring (bicyclic) bond motifs is 3. The zero-order chi connectivity index (χ0) is 17.4. The summed E-state index contributed by atoms with van der Waals surface area (Å²) < 4.78 is 11.6. The molecule has 8 heteroatoms. The molecule has 0 aliphatic carbocycles. The average Bonchev–Trinajstić information content (AvgIpc) is 2.53. The second kappa shape index (κ2) is 5.80. The number of nitro benzene ring substituents is 2. The van der Waals surface area contributed by atoms with E-state index in [2.05, 4.69) is 0 Å². The molecular weight excluding hydrogens is 316 g/mol. The minimum Gasteiger partial charge on any atom is -0.486 e. The number of benzene rings is 2. The van der Waals surface area contributed by atoms with Crippen LogP contribution in [-0.4, -0.2) is 22.1 Å². The first-order valence-electron chi connectivity index (χ1n) is 7.28. The van der Waals surface area contributed by atoms with E-state index in [9.17, 15) is 20.2 Å². The van der Waals surface area contributed by atoms with Crippen LogP contribution >= 0.6 is 0 Å². The van der Waals surface area contributed by atoms with E-state index in [0.29, 0.717) is 0 Å². The van der Waals surface area contributed by atoms with Crippen LogP contribution in [0.2, 0.25) is 0 Å². The second-order valence-electron chi connectivity index (χ2n) is 5.46. The molecule has 1 aliphatic heterocycles. The van der Waals surface area contributed by atoms with Crippen molar-refractivity contribution in [1.29, 1.82) is 0 Å². The molecule has 3 rings (SSSR count). The van der Waals surface area contributed by atoms with Crippen LogP contribution in [0.4, 0.5) is 11.4 Å². The van der Waals surface area contributed by atoms with Crippen LogP contribution in [0.25, 0.3) is 11.1 Å². The van der Waals surface area contributed by atoms with Gasteiger partial charge in [0.15, 0.2) is 0 Å². The van der Waals surface area contributed by atoms with Crippen molar-refractivity contribution in [3.63, 3.8) is 0 Å². The molecule has 0 radical (unpaired) electrons. The van der Waals surface area contributed by atoms with Crippen molar-refractivity contribution < 1.29 is 19.3 Å². The molecule has 8 nitrogen and oxygen atoms in total. The highest BCUT2D eigenvalue weighted by Gasteiger charge is 2.34. The van der Waals surface area contributed by atoms with Gasteiger partial charge in [-0.05, 0) is 26.0 Å². The third-order valence-electron chi connectivity index (χ3n) is 3.94. The van der Waals surface area contributed by atoms with Gasteiger partial charge in [-0.3, -0.25) is 20.2 Å². The maximum absolute atomic E-state index is 11.4. The molecule has 2 aromatic rings. The summed E-state index contributed by atoms with van der Waals surface area (Å²) in [6, 6.07) is 8.70. The molecule has 24 heavy (non-hydrogen) atoms. The number of nitrogens with zero attached hydrogens (tertiary/aromatic N) is 2. The van der Waals surface area contributed by atoms with E-state index < -0.39 is 22.1 Å². The number of rotatable bonds is 2. The lowest BCUT2D eigenvalue weighted by molar-refractivity contribution is -0.386. The first kappa shape index (κ1) is 15.7. The fraction of sp³-hybridized carbons (Fsp3) is 0.250. The molecule has 0 spiro atoms. The van der Waals surface area contributed by atoms with Gasteiger partial charge >= 0.3 is 0 Å². The first-order chi connectivity index (χ1) is 11.4. The summed E-state index contributed by atoms with van der Waals surface area (Å²) in [4.78, 5) is 21.7. The Morgan fingerprint density at radius 3 is 1.50 bits per heavy atom. The Bertz CT molecular complexity index is 766. The standard InChI is InChI=1S/C16H14N2O6/c1-9-10(2)24-14-8-4-6-12(18(21)22)16(14)15-11(17(19)20)5-3-7-13(15)23-9/h3-10H,1-2H3/t9-,10-/m0/s1. The van der Waals surface area contributed by atoms with Crippen molar-refractivity contribution in [2.75, 3.05) is 0 Å². The zero-order valence-corrected chi connectivity index (χ0v) is 13.0. The topological polar surface area (TPSA) is 105 Å². The van der Waals surface area contributed by atoms with Crippen LogP contribution in [-0.2, 0) is 0 Å². The molecule has 0 saturated carbocycles. The Morgan fingerprint density at radius 1 is 0.792 bits per heavy atom. The van der Waals surface area contributed by atoms with Crippen LogP contribution < -0.4 is 9.47 Å². The molecule has 0 saturated heterocycles. The lowest BCUT2D eigenvalue weighted by Gasteiger charge is -2.28. The highest BCUT2D eigenvalue weighted by Crippen LogP contribution is 2.48. The SMILES string of the molecule is C[C@@H]1Oc2cccc([N+](=O)[O-])c2-c2c(cccc2[N+](=O)[O-])O[C@H]1C. The number of ether oxygens (including phenoxy) is 2. The lowest BCUT2D eigenvalue weighted by atomic mass is 9.98. The third kappa shape index (κ3) is 2.51. The Morgan fingerprint density at radius 2 is 1.17 bits per heavy atom. The highest BCUT2D eigenvalue weighted by atomic mass is 16.6. The molecule has 124 valence electrons. The molecule has 0 bridgehead atoms. The van der Waals surface area contributed by atoms with Crippen LogP contribution in [0.5, 0.6) is 11.5 Å². The van der Waals surface area contributed by atoms with E-state index >= 15 is 0 Å². The summed E-state index contributed by atoms with van der Waals surface area (Å²) in [5, 5.41) is 22.9. The van der Waals surface area contributed by atoms with E-state index in [1.54, 1.807) is 26.0 Å². The first-order valence-corrected chi connectivity index (χ1v) is 7.28. The predicted octanol–water partition coefficient (Wildman–Crippen LogP) is 3.72. The van der Waals surface area contributed by atoms with Crippen LogP contribution in [0, 0.1) is 20.2 Å². The maximum atomic E-state index is 11.4. The van der Waals surface area contributed by atoms with E-state index in [1.807, 2.05) is 0 Å². The maximum Gasteiger partial charge on any atom is 0.281 e. The molecule has 1 aliphatic rings. The molecule has 2 aromatic carbocycles. The van der Waals surface area contributed by atoms with E-state index in [-0.39, 0.29) is 34.0 Å². The number of hydrogen-bond acceptors (Lipinski definition) is 6. The summed E-state index contributed by atoms with van der Waals surface area (Å²) in [5.74, 6) is 0.449. The van der Waals surface area contributed by atoms with Crippen molar-refractivity contribution in [2.45, 2.75) is 26.1 Å². The van der Waals surface area contributed by atoms with E-state index in [1.165, 1.54) is 24.3 Å². The minimum atomic E-state index is -0.585. The second-order valence-corrected chi connectivity index (χ2v) is 5.46. The number of hydrogen-bond donors (Lipinski definition) is 0. The van der Waals surface area contributed by atoms with Crippen molar-refractivity contribution in [3.05, 3.63) is 56.6 Å². The summed E-state index contributed by atoms with van der Waals surface area (Å²) in [7, 11) is 0. The largest absolute Gasteiger partial charge is 0.486 e. The van der Waals surface area contributed by atoms with Crippen molar-refractivity contribution in [3.8, 4) is 22.6 Å². The molecule has 0 N–H and O–H groups in total. The predicted molar refractivity (Wildman–Crippen MR) is 85.4 cm³/mol. The minimum absolute atomic E-state index is 0.0588. The molecular formula is C16H14N2O6. The number of nitro groups is 2. The molecule has 0 fully saturated rings. The summed E-state index contributed by atoms with van der Waals surface area (Å²) in [6.45, 7) is 3.55. The van der Waals surface area contributed by atoms with Gasteiger partial charge < -0.3 is 9.47 Å². The third-order valence-corrected chi connectivity index (χ3v) is 3.94. The van der Waals surface area contributed by atoms with Crippen LogP contribution in [0.3, 0.4) is 0 Å². The zero-order valence-electron chi connectivity index (χ0n) is 13.0. The van der Waals surface area contributed by atoms with E-state index in [0.717, 1.165) is 0 Å². The fourth-order valence-electron chi connectivity index (χ4n) is 2.63. The lowest BCUT2D eigenvalue weighted by Crippen LogP contribution is -2.32. The molecule has 0 unspecified atom stereocenters. The Hall–Kier alpha value is -3.16. The van der Waals surface area contributed by atoms with Crippen molar-refractivity contribution >= 4 is 11.4 Å². The molecule has 0 amide bonds. The van der Waals surface area contributed by atoms with Gasteiger partial charge in [-0.25, -0.2) is 0 Å². The monoisotopic (exact) mass is 330 g/mol. The van der Waals surface area contributed by atoms with Gasteiger partial charge in [0, 0.05) is 12.1 Å². The molecule has 1 heterocycles. The Kier molecular flexibility index (Phi) is 3.80. The fourth-order valence-corrected chi connectivity index (χ4v) is 2.63.